The monoisotopic (exact) mass is 166 g/mol. The third kappa shape index (κ3) is 22.9. The highest BCUT2D eigenvalue weighted by Gasteiger charge is 1.79. The molecule has 0 radical (unpaired) electrons. The minimum Gasteiger partial charge on any atom is -0.103 e. The van der Waals surface area contributed by atoms with Crippen LogP contribution in [0, 0.1) is 0 Å². The zero-order valence-electron chi connectivity index (χ0n) is 8.77. The van der Waals surface area contributed by atoms with Gasteiger partial charge in [-0.3, -0.25) is 0 Å². The summed E-state index contributed by atoms with van der Waals surface area (Å²) in [6.45, 7) is 13.2. The van der Waals surface area contributed by atoms with Gasteiger partial charge in [-0.05, 0) is 40.0 Å². The molecule has 12 heavy (non-hydrogen) atoms. The second-order valence-electron chi connectivity index (χ2n) is 2.91. The van der Waals surface area contributed by atoms with Crippen molar-refractivity contribution in [1.82, 2.24) is 0 Å². The van der Waals surface area contributed by atoms with Crippen LogP contribution >= 0.6 is 0 Å². The van der Waals surface area contributed by atoms with E-state index in [2.05, 4.69) is 33.1 Å². The highest BCUT2D eigenvalue weighted by molar-refractivity contribution is 4.92. The molecule has 0 heteroatoms. The zero-order valence-corrected chi connectivity index (χ0v) is 8.77. The Labute approximate surface area is 77.7 Å². The van der Waals surface area contributed by atoms with Crippen LogP contribution in [-0.2, 0) is 0 Å². The lowest BCUT2D eigenvalue weighted by atomic mass is 10.2. The van der Waals surface area contributed by atoms with E-state index in [0.29, 0.717) is 0 Å². The van der Waals surface area contributed by atoms with Crippen molar-refractivity contribution in [3.8, 4) is 0 Å². The Morgan fingerprint density at radius 2 is 1.67 bits per heavy atom. The maximum atomic E-state index is 3.66. The second kappa shape index (κ2) is 12.9. The summed E-state index contributed by atoms with van der Waals surface area (Å²) in [4.78, 5) is 0. The molecule has 0 aliphatic rings. The molecule has 0 fully saturated rings. The lowest BCUT2D eigenvalue weighted by Gasteiger charge is -1.90. The lowest BCUT2D eigenvalue weighted by molar-refractivity contribution is 0.864. The summed E-state index contributed by atoms with van der Waals surface area (Å²) in [5.41, 5.74) is 1.42. The molecule has 70 valence electrons. The highest BCUT2D eigenvalue weighted by Crippen LogP contribution is 1.99. The molecule has 0 nitrogen and oxygen atoms in total. The summed E-state index contributed by atoms with van der Waals surface area (Å²) in [6, 6.07) is 0. The fourth-order valence-corrected chi connectivity index (χ4v) is 0.653. The topological polar surface area (TPSA) is 0 Å². The van der Waals surface area contributed by atoms with Crippen molar-refractivity contribution in [3.05, 3.63) is 37.0 Å². The van der Waals surface area contributed by atoms with E-state index in [-0.39, 0.29) is 0 Å². The third-order valence-corrected chi connectivity index (χ3v) is 1.16. The van der Waals surface area contributed by atoms with Gasteiger partial charge in [0, 0.05) is 0 Å². The van der Waals surface area contributed by atoms with Crippen molar-refractivity contribution in [3.63, 3.8) is 0 Å². The van der Waals surface area contributed by atoms with Gasteiger partial charge in [-0.25, -0.2) is 0 Å². The maximum Gasteiger partial charge on any atom is -0.0345 e. The Kier molecular flexibility index (Phi) is 14.8. The van der Waals surface area contributed by atoms with Gasteiger partial charge in [-0.2, -0.15) is 0 Å². The molecular formula is C12H22. The molecular weight excluding hydrogens is 144 g/mol. The molecule has 0 aromatic carbocycles. The fourth-order valence-electron chi connectivity index (χ4n) is 0.653. The van der Waals surface area contributed by atoms with Crippen molar-refractivity contribution in [2.45, 2.75) is 40.0 Å². The molecule has 0 N–H and O–H groups in total. The van der Waals surface area contributed by atoms with Gasteiger partial charge in [0.2, 0.25) is 0 Å². The summed E-state index contributed by atoms with van der Waals surface area (Å²) in [5, 5.41) is 0. The molecule has 0 spiro atoms. The van der Waals surface area contributed by atoms with Gasteiger partial charge in [0.1, 0.15) is 0 Å². The van der Waals surface area contributed by atoms with Crippen LogP contribution in [0.5, 0.6) is 0 Å². The van der Waals surface area contributed by atoms with Crippen LogP contribution in [0.25, 0.3) is 0 Å². The van der Waals surface area contributed by atoms with E-state index in [9.17, 15) is 0 Å². The fraction of sp³-hybridized carbons (Fsp3) is 0.500. The number of hydrogen-bond donors (Lipinski definition) is 0. The zero-order chi connectivity index (χ0) is 9.82. The molecule has 0 aromatic rings. The van der Waals surface area contributed by atoms with Gasteiger partial charge in [-0.1, -0.05) is 23.8 Å². The van der Waals surface area contributed by atoms with Gasteiger partial charge in [0.25, 0.3) is 0 Å². The molecule has 0 atom stereocenters. The number of hydrogen-bond acceptors (Lipinski definition) is 0. The van der Waals surface area contributed by atoms with Gasteiger partial charge < -0.3 is 0 Å². The van der Waals surface area contributed by atoms with Crippen molar-refractivity contribution in [2.24, 2.45) is 0 Å². The first-order valence-electron chi connectivity index (χ1n) is 4.50. The molecule has 0 saturated heterocycles. The van der Waals surface area contributed by atoms with E-state index in [1.165, 1.54) is 18.4 Å². The summed E-state index contributed by atoms with van der Waals surface area (Å²) in [7, 11) is 0. The van der Waals surface area contributed by atoms with E-state index in [0.717, 1.165) is 6.42 Å². The van der Waals surface area contributed by atoms with E-state index < -0.39 is 0 Å². The van der Waals surface area contributed by atoms with E-state index in [1.807, 2.05) is 13.0 Å². The Bertz CT molecular complexity index is 125. The van der Waals surface area contributed by atoms with Gasteiger partial charge in [-0.15, -0.1) is 13.2 Å². The summed E-state index contributed by atoms with van der Waals surface area (Å²) < 4.78 is 0. The minimum atomic E-state index is 1.14. The van der Waals surface area contributed by atoms with Crippen molar-refractivity contribution in [1.29, 1.82) is 0 Å². The number of allylic oxidation sites excluding steroid dienone is 4. The van der Waals surface area contributed by atoms with Crippen molar-refractivity contribution in [2.75, 3.05) is 0 Å². The molecule has 0 saturated carbocycles. The van der Waals surface area contributed by atoms with Gasteiger partial charge in [0.15, 0.2) is 0 Å². The van der Waals surface area contributed by atoms with Crippen molar-refractivity contribution < 1.29 is 0 Å². The van der Waals surface area contributed by atoms with Crippen LogP contribution in [0.2, 0.25) is 0 Å². The quantitative estimate of drug-likeness (QED) is 0.426. The van der Waals surface area contributed by atoms with Gasteiger partial charge >= 0.3 is 0 Å². The second-order valence-corrected chi connectivity index (χ2v) is 2.91. The highest BCUT2D eigenvalue weighted by atomic mass is 13.9. The smallest absolute Gasteiger partial charge is 0.0345 e. The average molecular weight is 166 g/mol. The van der Waals surface area contributed by atoms with Crippen LogP contribution in [0.1, 0.15) is 40.0 Å². The molecule has 0 rings (SSSR count). The Morgan fingerprint density at radius 1 is 1.17 bits per heavy atom. The Balaban J connectivity index is 0. The number of unbranched alkanes of at least 4 members (excludes halogenated alkanes) is 2. The van der Waals surface area contributed by atoms with Crippen LogP contribution in [0.15, 0.2) is 37.0 Å². The summed E-state index contributed by atoms with van der Waals surface area (Å²) in [6.07, 6.45) is 9.58. The standard InChI is InChI=1S/C9H16.C3H6/c1-4-5-6-7-8-9(2)3;1-3-2/h4,8H,1,5-7H2,2-3H3;3H,1H2,2H3. The normalized spacial score (nSPS) is 7.58. The molecule has 0 unspecified atom stereocenters. The number of rotatable bonds is 4. The average Bonchev–Trinajstić information content (AvgIpc) is 1.99. The Hall–Kier alpha value is -0.780. The third-order valence-electron chi connectivity index (χ3n) is 1.16. The maximum absolute atomic E-state index is 3.66. The largest absolute Gasteiger partial charge is 0.103 e. The summed E-state index contributed by atoms with van der Waals surface area (Å²) >= 11 is 0. The van der Waals surface area contributed by atoms with Crippen LogP contribution < -0.4 is 0 Å². The van der Waals surface area contributed by atoms with Crippen LogP contribution in [-0.4, -0.2) is 0 Å². The van der Waals surface area contributed by atoms with Crippen LogP contribution in [0.3, 0.4) is 0 Å². The predicted molar refractivity (Wildman–Crippen MR) is 59.4 cm³/mol. The molecule has 0 aliphatic carbocycles. The molecule has 0 aromatic heterocycles. The SMILES string of the molecule is C=CC.C=CCCCC=C(C)C. The first-order chi connectivity index (χ1) is 5.68. The first-order valence-corrected chi connectivity index (χ1v) is 4.50. The van der Waals surface area contributed by atoms with E-state index in [4.69, 9.17) is 0 Å². The Morgan fingerprint density at radius 3 is 2.00 bits per heavy atom. The molecule has 0 amide bonds. The molecule has 0 heterocycles. The first kappa shape index (κ1) is 13.8. The van der Waals surface area contributed by atoms with E-state index >= 15 is 0 Å². The van der Waals surface area contributed by atoms with Crippen LogP contribution in [0.4, 0.5) is 0 Å². The predicted octanol–water partition coefficient (Wildman–Crippen LogP) is 4.50. The van der Waals surface area contributed by atoms with Crippen molar-refractivity contribution >= 4 is 0 Å². The lowest BCUT2D eigenvalue weighted by Crippen LogP contribution is -1.69. The minimum absolute atomic E-state index is 1.14. The summed E-state index contributed by atoms with van der Waals surface area (Å²) in [5.74, 6) is 0. The molecule has 0 bridgehead atoms. The van der Waals surface area contributed by atoms with Gasteiger partial charge in [0.05, 0.1) is 0 Å². The van der Waals surface area contributed by atoms with E-state index in [1.54, 1.807) is 6.08 Å². The molecule has 0 aliphatic heterocycles.